The molecule has 0 radical (unpaired) electrons. The number of nitrogens with one attached hydrogen (secondary N) is 1. The van der Waals surface area contributed by atoms with Gasteiger partial charge in [-0.3, -0.25) is 9.59 Å². The van der Waals surface area contributed by atoms with Crippen LogP contribution >= 0.6 is 0 Å². The molecule has 1 atom stereocenters. The number of pyridine rings is 3. The van der Waals surface area contributed by atoms with Crippen LogP contribution in [0, 0.1) is 20.8 Å². The second-order valence-electron chi connectivity index (χ2n) is 11.1. The topological polar surface area (TPSA) is 104 Å². The summed E-state index contributed by atoms with van der Waals surface area (Å²) >= 11 is 0. The maximum Gasteiger partial charge on any atom is 0.258 e. The molecule has 0 saturated carbocycles. The van der Waals surface area contributed by atoms with Crippen molar-refractivity contribution in [3.05, 3.63) is 98.0 Å². The van der Waals surface area contributed by atoms with Crippen LogP contribution in [0.5, 0.6) is 5.88 Å². The van der Waals surface area contributed by atoms with Crippen LogP contribution in [0.1, 0.15) is 63.0 Å². The number of fused-ring (bicyclic) bond motifs is 1. The van der Waals surface area contributed by atoms with Gasteiger partial charge >= 0.3 is 0 Å². The molecule has 0 aliphatic rings. The monoisotopic (exact) mass is 594 g/mol. The van der Waals surface area contributed by atoms with Crippen molar-refractivity contribution in [3.63, 3.8) is 0 Å². The van der Waals surface area contributed by atoms with E-state index in [1.165, 1.54) is 0 Å². The highest BCUT2D eigenvalue weighted by Crippen LogP contribution is 2.33. The van der Waals surface area contributed by atoms with E-state index in [1.54, 1.807) is 48.6 Å². The molecule has 0 fully saturated rings. The van der Waals surface area contributed by atoms with Gasteiger partial charge in [-0.25, -0.2) is 15.0 Å². The maximum atomic E-state index is 13.7. The number of rotatable bonds is 7. The third-order valence-electron chi connectivity index (χ3n) is 7.39. The lowest BCUT2D eigenvalue weighted by molar-refractivity contribution is 0.233. The van der Waals surface area contributed by atoms with E-state index in [9.17, 15) is 9.59 Å². The summed E-state index contributed by atoms with van der Waals surface area (Å²) in [4.78, 5) is 39.8. The van der Waals surface area contributed by atoms with Crippen LogP contribution in [0.3, 0.4) is 0 Å². The first-order valence-corrected chi connectivity index (χ1v) is 15.0. The molecule has 1 N–H and O–H groups in total. The molecule has 4 aromatic heterocycles. The highest BCUT2D eigenvalue weighted by atomic mass is 16.5. The normalized spacial score (nSPS) is 11.7. The van der Waals surface area contributed by atoms with Gasteiger partial charge in [-0.05, 0) is 88.4 Å². The van der Waals surface area contributed by atoms with Crippen molar-refractivity contribution < 1.29 is 4.74 Å². The second kappa shape index (κ2) is 13.2. The Balaban J connectivity index is 0.00000216. The number of aryl methyl sites for hydroxylation is 3. The molecule has 0 bridgehead atoms. The van der Waals surface area contributed by atoms with E-state index in [2.05, 4.69) is 33.3 Å². The van der Waals surface area contributed by atoms with E-state index < -0.39 is 0 Å². The van der Waals surface area contributed by atoms with Gasteiger partial charge in [0.2, 0.25) is 5.88 Å². The summed E-state index contributed by atoms with van der Waals surface area (Å²) < 4.78 is 9.16. The zero-order valence-electron chi connectivity index (χ0n) is 27.3. The van der Waals surface area contributed by atoms with E-state index in [0.717, 1.165) is 27.9 Å². The van der Waals surface area contributed by atoms with Gasteiger partial charge in [0.05, 0.1) is 23.2 Å². The fourth-order valence-corrected chi connectivity index (χ4v) is 5.17. The zero-order valence-corrected chi connectivity index (χ0v) is 27.3. The van der Waals surface area contributed by atoms with Crippen molar-refractivity contribution >= 4 is 16.5 Å². The highest BCUT2D eigenvalue weighted by Gasteiger charge is 2.19. The number of benzene rings is 1. The van der Waals surface area contributed by atoms with E-state index in [1.807, 2.05) is 71.9 Å². The minimum atomic E-state index is -0.159. The van der Waals surface area contributed by atoms with Gasteiger partial charge in [0, 0.05) is 54.7 Å². The molecule has 5 rings (SSSR count). The summed E-state index contributed by atoms with van der Waals surface area (Å²) in [6, 6.07) is 13.4. The fraction of sp³-hybridized carbons (Fsp3) is 0.343. The van der Waals surface area contributed by atoms with Crippen molar-refractivity contribution in [3.8, 4) is 28.7 Å². The Kier molecular flexibility index (Phi) is 9.67. The Morgan fingerprint density at radius 2 is 1.45 bits per heavy atom. The summed E-state index contributed by atoms with van der Waals surface area (Å²) in [6.45, 7) is 15.7. The van der Waals surface area contributed by atoms with Crippen molar-refractivity contribution in [2.24, 2.45) is 14.1 Å². The average molecular weight is 595 g/mol. The zero-order chi connectivity index (χ0) is 32.3. The predicted molar refractivity (Wildman–Crippen MR) is 178 cm³/mol. The van der Waals surface area contributed by atoms with E-state index in [0.29, 0.717) is 39.6 Å². The third kappa shape index (κ3) is 6.41. The van der Waals surface area contributed by atoms with Gasteiger partial charge < -0.3 is 19.2 Å². The molecule has 1 unspecified atom stereocenters. The molecular formula is C35H42N6O3. The molecule has 230 valence electrons. The van der Waals surface area contributed by atoms with Gasteiger partial charge in [-0.15, -0.1) is 0 Å². The molecular weight excluding hydrogens is 552 g/mol. The van der Waals surface area contributed by atoms with Crippen LogP contribution in [0.25, 0.3) is 33.5 Å². The van der Waals surface area contributed by atoms with Gasteiger partial charge in [0.15, 0.2) is 5.82 Å². The average Bonchev–Trinajstić information content (AvgIpc) is 3.00. The van der Waals surface area contributed by atoms with Crippen molar-refractivity contribution in [1.29, 1.82) is 0 Å². The number of ether oxygens (including phenoxy) is 1. The first-order valence-electron chi connectivity index (χ1n) is 15.0. The molecule has 1 aromatic carbocycles. The summed E-state index contributed by atoms with van der Waals surface area (Å²) in [5.74, 6) is 0.984. The Morgan fingerprint density at radius 1 is 0.795 bits per heavy atom. The van der Waals surface area contributed by atoms with Crippen LogP contribution in [-0.2, 0) is 14.1 Å². The third-order valence-corrected chi connectivity index (χ3v) is 7.39. The summed E-state index contributed by atoms with van der Waals surface area (Å²) in [5.41, 5.74) is 6.09. The molecule has 0 aliphatic heterocycles. The van der Waals surface area contributed by atoms with Gasteiger partial charge in [0.25, 0.3) is 11.1 Å². The van der Waals surface area contributed by atoms with Gasteiger partial charge in [-0.2, -0.15) is 0 Å². The quantitative estimate of drug-likeness (QED) is 0.224. The number of aromatic nitrogens is 5. The van der Waals surface area contributed by atoms with Gasteiger partial charge in [0.1, 0.15) is 0 Å². The first kappa shape index (κ1) is 32.1. The first-order chi connectivity index (χ1) is 20.9. The van der Waals surface area contributed by atoms with Crippen LogP contribution < -0.4 is 21.2 Å². The number of hydrogen-bond donors (Lipinski definition) is 1. The lowest BCUT2D eigenvalue weighted by Gasteiger charge is -2.22. The molecule has 0 aliphatic carbocycles. The summed E-state index contributed by atoms with van der Waals surface area (Å²) in [5, 5.41) is 5.04. The van der Waals surface area contributed by atoms with Crippen LogP contribution in [0.2, 0.25) is 0 Å². The lowest BCUT2D eigenvalue weighted by atomic mass is 9.96. The van der Waals surface area contributed by atoms with Crippen LogP contribution in [0.4, 0.5) is 5.69 Å². The van der Waals surface area contributed by atoms with Crippen molar-refractivity contribution in [2.45, 2.75) is 67.5 Å². The van der Waals surface area contributed by atoms with Crippen molar-refractivity contribution in [1.82, 2.24) is 24.1 Å². The van der Waals surface area contributed by atoms with E-state index in [-0.39, 0.29) is 23.3 Å². The standard InChI is InChI=1S/C33H36N6O3.C2H6/c1-18(2)42-31-27(11-10-21(5)36-31)37-22(6)24-13-19(3)14-26-25(24)15-29(39(8)33(26)41)23-16-34-30(35-17-23)28-12-9-20(4)32(40)38(28)7;1-2/h9-18,22,37H,1-8H3;1-2H3. The number of hydrogen-bond acceptors (Lipinski definition) is 7. The Bertz CT molecular complexity index is 1920. The fourth-order valence-electron chi connectivity index (χ4n) is 5.17. The molecule has 9 heteroatoms. The Labute approximate surface area is 258 Å². The highest BCUT2D eigenvalue weighted by molar-refractivity contribution is 5.89. The van der Waals surface area contributed by atoms with E-state index >= 15 is 0 Å². The Morgan fingerprint density at radius 3 is 2.11 bits per heavy atom. The Hall–Kier alpha value is -4.79. The van der Waals surface area contributed by atoms with Crippen molar-refractivity contribution in [2.75, 3.05) is 5.32 Å². The summed E-state index contributed by atoms with van der Waals surface area (Å²) in [6.07, 6.45) is 3.36. The molecule has 44 heavy (non-hydrogen) atoms. The predicted octanol–water partition coefficient (Wildman–Crippen LogP) is 6.67. The molecule has 0 saturated heterocycles. The molecule has 9 nitrogen and oxygen atoms in total. The molecule has 5 aromatic rings. The van der Waals surface area contributed by atoms with Crippen LogP contribution in [-0.4, -0.2) is 30.2 Å². The largest absolute Gasteiger partial charge is 0.473 e. The smallest absolute Gasteiger partial charge is 0.258 e. The minimum absolute atomic E-state index is 0.0231. The van der Waals surface area contributed by atoms with E-state index in [4.69, 9.17) is 4.74 Å². The van der Waals surface area contributed by atoms with Gasteiger partial charge in [-0.1, -0.05) is 26.0 Å². The second-order valence-corrected chi connectivity index (χ2v) is 11.1. The van der Waals surface area contributed by atoms with Crippen LogP contribution in [0.15, 0.2) is 64.4 Å². The molecule has 4 heterocycles. The number of anilines is 1. The maximum absolute atomic E-state index is 13.7. The molecule has 0 amide bonds. The number of nitrogens with zero attached hydrogens (tertiary/aromatic N) is 5. The minimum Gasteiger partial charge on any atom is -0.473 e. The molecule has 0 spiro atoms. The summed E-state index contributed by atoms with van der Waals surface area (Å²) in [7, 11) is 3.46. The SMILES string of the molecule is CC.Cc1cc(C(C)Nc2ccc(C)nc2OC(C)C)c2cc(-c3cnc(-c4ccc(C)c(=O)n4C)nc3)n(C)c(=O)c2c1. The lowest BCUT2D eigenvalue weighted by Crippen LogP contribution is -2.21.